The van der Waals surface area contributed by atoms with Crippen LogP contribution >= 0.6 is 0 Å². The molecule has 2 saturated heterocycles. The lowest BCUT2D eigenvalue weighted by Gasteiger charge is -2.37. The first-order valence-electron chi connectivity index (χ1n) is 12.2. The molecule has 0 bridgehead atoms. The summed E-state index contributed by atoms with van der Waals surface area (Å²) in [4.78, 5) is 17.5. The number of ether oxygens (including phenoxy) is 1. The highest BCUT2D eigenvalue weighted by atomic mass is 16.5. The summed E-state index contributed by atoms with van der Waals surface area (Å²) in [6.45, 7) is 7.92. The normalized spacial score (nSPS) is 19.2. The molecule has 1 N–H and O–H groups in total. The summed E-state index contributed by atoms with van der Waals surface area (Å²) in [5.74, 6) is 3.61. The Labute approximate surface area is 195 Å². The van der Waals surface area contributed by atoms with Crippen molar-refractivity contribution in [2.24, 2.45) is 0 Å². The molecule has 1 aromatic heterocycles. The van der Waals surface area contributed by atoms with Crippen LogP contribution in [0.4, 0.5) is 17.2 Å². The second-order valence-corrected chi connectivity index (χ2v) is 9.26. The summed E-state index contributed by atoms with van der Waals surface area (Å²) < 4.78 is 5.60. The molecule has 0 radical (unpaired) electrons. The third-order valence-corrected chi connectivity index (χ3v) is 7.11. The number of para-hydroxylation sites is 2. The predicted molar refractivity (Wildman–Crippen MR) is 134 cm³/mol. The first-order chi connectivity index (χ1) is 16.3. The van der Waals surface area contributed by atoms with E-state index in [0.29, 0.717) is 5.92 Å². The molecule has 0 unspecified atom stereocenters. The van der Waals surface area contributed by atoms with Crippen molar-refractivity contribution in [3.63, 3.8) is 0 Å². The molecular formula is C26H32N6O. The molecular weight excluding hydrogens is 412 g/mol. The zero-order valence-corrected chi connectivity index (χ0v) is 19.3. The van der Waals surface area contributed by atoms with Gasteiger partial charge in [0.2, 0.25) is 0 Å². The molecule has 3 aliphatic rings. The third kappa shape index (κ3) is 4.06. The van der Waals surface area contributed by atoms with E-state index in [1.54, 1.807) is 7.11 Å². The van der Waals surface area contributed by atoms with Gasteiger partial charge in [-0.2, -0.15) is 0 Å². The van der Waals surface area contributed by atoms with Gasteiger partial charge in [0.1, 0.15) is 17.4 Å². The number of rotatable bonds is 5. The number of benzene rings is 2. The summed E-state index contributed by atoms with van der Waals surface area (Å²) in [7, 11) is 1.75. The van der Waals surface area contributed by atoms with Gasteiger partial charge in [-0.15, -0.1) is 0 Å². The first kappa shape index (κ1) is 20.5. The number of nitrogens with zero attached hydrogens (tertiary/aromatic N) is 5. The van der Waals surface area contributed by atoms with Crippen molar-refractivity contribution in [1.82, 2.24) is 15.3 Å². The van der Waals surface area contributed by atoms with Crippen LogP contribution in [0, 0.1) is 0 Å². The summed E-state index contributed by atoms with van der Waals surface area (Å²) in [6.07, 6.45) is 2.43. The van der Waals surface area contributed by atoms with E-state index in [0.717, 1.165) is 75.3 Å². The standard InChI is InChI=1S/C26H32N6O/c1-33-24-5-3-2-4-23(24)31-14-16-32(17-15-31)26-21-18-20(30-12-10-27-11-13-30)8-9-22(21)28-25(29-26)19-6-7-19/h2-5,8-9,18-19,27H,6-7,10-17H2,1H3. The molecule has 0 atom stereocenters. The maximum Gasteiger partial charge on any atom is 0.142 e. The largest absolute Gasteiger partial charge is 0.495 e. The number of fused-ring (bicyclic) bond motifs is 1. The molecule has 33 heavy (non-hydrogen) atoms. The average molecular weight is 445 g/mol. The van der Waals surface area contributed by atoms with Crippen LogP contribution in [0.15, 0.2) is 42.5 Å². The number of hydrogen-bond acceptors (Lipinski definition) is 7. The highest BCUT2D eigenvalue weighted by Crippen LogP contribution is 2.40. The van der Waals surface area contributed by atoms with Crippen LogP contribution < -0.4 is 24.8 Å². The van der Waals surface area contributed by atoms with Crippen LogP contribution in [0.1, 0.15) is 24.6 Å². The lowest BCUT2D eigenvalue weighted by molar-refractivity contribution is 0.413. The smallest absolute Gasteiger partial charge is 0.142 e. The van der Waals surface area contributed by atoms with Gasteiger partial charge in [0.15, 0.2) is 0 Å². The molecule has 1 aliphatic carbocycles. The minimum absolute atomic E-state index is 0.538. The Bertz CT molecular complexity index is 1130. The first-order valence-corrected chi connectivity index (χ1v) is 12.2. The van der Waals surface area contributed by atoms with Crippen LogP contribution in [0.2, 0.25) is 0 Å². The second-order valence-electron chi connectivity index (χ2n) is 9.26. The van der Waals surface area contributed by atoms with Crippen molar-refractivity contribution in [3.05, 3.63) is 48.3 Å². The summed E-state index contributed by atoms with van der Waals surface area (Å²) in [5, 5.41) is 4.63. The Balaban J connectivity index is 1.31. The highest BCUT2D eigenvalue weighted by Gasteiger charge is 2.29. The second kappa shape index (κ2) is 8.71. The van der Waals surface area contributed by atoms with E-state index in [2.05, 4.69) is 50.3 Å². The maximum absolute atomic E-state index is 5.60. The zero-order chi connectivity index (χ0) is 22.2. The van der Waals surface area contributed by atoms with E-state index < -0.39 is 0 Å². The predicted octanol–water partition coefficient (Wildman–Crippen LogP) is 3.25. The van der Waals surface area contributed by atoms with Gasteiger partial charge >= 0.3 is 0 Å². The van der Waals surface area contributed by atoms with Crippen molar-refractivity contribution in [2.45, 2.75) is 18.8 Å². The van der Waals surface area contributed by atoms with E-state index in [1.165, 1.54) is 29.6 Å². The molecule has 3 aromatic rings. The number of methoxy groups -OCH3 is 1. The van der Waals surface area contributed by atoms with Gasteiger partial charge in [-0.25, -0.2) is 9.97 Å². The van der Waals surface area contributed by atoms with Gasteiger partial charge in [0.25, 0.3) is 0 Å². The van der Waals surface area contributed by atoms with Crippen molar-refractivity contribution in [1.29, 1.82) is 0 Å². The number of aromatic nitrogens is 2. The molecule has 7 nitrogen and oxygen atoms in total. The molecule has 2 aromatic carbocycles. The van der Waals surface area contributed by atoms with E-state index in [9.17, 15) is 0 Å². The van der Waals surface area contributed by atoms with Gasteiger partial charge in [-0.1, -0.05) is 12.1 Å². The van der Waals surface area contributed by atoms with Gasteiger partial charge in [0, 0.05) is 69.3 Å². The third-order valence-electron chi connectivity index (χ3n) is 7.11. The number of piperazine rings is 2. The summed E-state index contributed by atoms with van der Waals surface area (Å²) >= 11 is 0. The topological polar surface area (TPSA) is 56.8 Å². The molecule has 6 rings (SSSR count). The Hall–Kier alpha value is -3.06. The van der Waals surface area contributed by atoms with Crippen LogP contribution in [0.5, 0.6) is 5.75 Å². The fraction of sp³-hybridized carbons (Fsp3) is 0.462. The van der Waals surface area contributed by atoms with E-state index in [1.807, 2.05) is 12.1 Å². The Morgan fingerprint density at radius 3 is 2.36 bits per heavy atom. The molecule has 0 amide bonds. The fourth-order valence-electron chi connectivity index (χ4n) is 5.05. The van der Waals surface area contributed by atoms with E-state index in [-0.39, 0.29) is 0 Å². The maximum atomic E-state index is 5.60. The Morgan fingerprint density at radius 2 is 1.61 bits per heavy atom. The Kier molecular flexibility index (Phi) is 5.42. The minimum atomic E-state index is 0.538. The fourth-order valence-corrected chi connectivity index (χ4v) is 5.05. The monoisotopic (exact) mass is 444 g/mol. The quantitative estimate of drug-likeness (QED) is 0.648. The van der Waals surface area contributed by atoms with Gasteiger partial charge in [0.05, 0.1) is 18.3 Å². The molecule has 3 heterocycles. The summed E-state index contributed by atoms with van der Waals surface area (Å²) in [6, 6.07) is 15.1. The minimum Gasteiger partial charge on any atom is -0.495 e. The molecule has 3 fully saturated rings. The molecule has 2 aliphatic heterocycles. The van der Waals surface area contributed by atoms with Crippen LogP contribution in [0.25, 0.3) is 10.9 Å². The van der Waals surface area contributed by atoms with Crippen molar-refractivity contribution in [2.75, 3.05) is 74.2 Å². The lowest BCUT2D eigenvalue weighted by Crippen LogP contribution is -2.47. The van der Waals surface area contributed by atoms with Crippen molar-refractivity contribution in [3.8, 4) is 5.75 Å². The highest BCUT2D eigenvalue weighted by molar-refractivity contribution is 5.92. The molecule has 172 valence electrons. The SMILES string of the molecule is COc1ccccc1N1CCN(c2nc(C3CC3)nc3ccc(N4CCNCC4)cc23)CC1. The Morgan fingerprint density at radius 1 is 0.848 bits per heavy atom. The number of hydrogen-bond donors (Lipinski definition) is 1. The molecule has 0 spiro atoms. The average Bonchev–Trinajstić information content (AvgIpc) is 3.74. The molecule has 7 heteroatoms. The van der Waals surface area contributed by atoms with E-state index in [4.69, 9.17) is 14.7 Å². The van der Waals surface area contributed by atoms with Crippen LogP contribution in [0.3, 0.4) is 0 Å². The van der Waals surface area contributed by atoms with Gasteiger partial charge < -0.3 is 24.8 Å². The molecule has 1 saturated carbocycles. The number of nitrogens with one attached hydrogen (secondary N) is 1. The van der Waals surface area contributed by atoms with Gasteiger partial charge in [-0.3, -0.25) is 0 Å². The number of anilines is 3. The van der Waals surface area contributed by atoms with Crippen LogP contribution in [-0.2, 0) is 0 Å². The van der Waals surface area contributed by atoms with Gasteiger partial charge in [-0.05, 0) is 43.2 Å². The summed E-state index contributed by atoms with van der Waals surface area (Å²) in [5.41, 5.74) is 3.53. The van der Waals surface area contributed by atoms with E-state index >= 15 is 0 Å². The van der Waals surface area contributed by atoms with Crippen LogP contribution in [-0.4, -0.2) is 69.4 Å². The van der Waals surface area contributed by atoms with Crippen molar-refractivity contribution < 1.29 is 4.74 Å². The zero-order valence-electron chi connectivity index (χ0n) is 19.3. The van der Waals surface area contributed by atoms with Crippen molar-refractivity contribution >= 4 is 28.1 Å². The lowest BCUT2D eigenvalue weighted by atomic mass is 10.1.